The molecule has 0 radical (unpaired) electrons. The molecule has 1 aromatic carbocycles. The molecule has 0 atom stereocenters. The molecule has 2 rings (SSSR count). The van der Waals surface area contributed by atoms with Gasteiger partial charge in [-0.15, -0.1) is 0 Å². The van der Waals surface area contributed by atoms with Crippen LogP contribution in [0.5, 0.6) is 0 Å². The van der Waals surface area contributed by atoms with Crippen LogP contribution in [0.1, 0.15) is 11.1 Å². The first-order chi connectivity index (χ1) is 8.94. The summed E-state index contributed by atoms with van der Waals surface area (Å²) in [5.74, 6) is 0. The van der Waals surface area contributed by atoms with Crippen molar-refractivity contribution in [2.75, 3.05) is 4.72 Å². The number of sulfonamides is 1. The van der Waals surface area contributed by atoms with Gasteiger partial charge >= 0.3 is 0 Å². The number of nitrogens with one attached hydrogen (secondary N) is 1. The molecule has 19 heavy (non-hydrogen) atoms. The molecular formula is C12H12BrNO3S2. The molecule has 4 nitrogen and oxygen atoms in total. The van der Waals surface area contributed by atoms with Crippen molar-refractivity contribution in [1.82, 2.24) is 0 Å². The normalized spacial score (nSPS) is 11.5. The molecule has 2 aromatic rings. The number of thiophene rings is 1. The van der Waals surface area contributed by atoms with Crippen molar-refractivity contribution in [2.24, 2.45) is 0 Å². The fraction of sp³-hybridized carbons (Fsp3) is 0.167. The Bertz CT molecular complexity index is 681. The van der Waals surface area contributed by atoms with Crippen LogP contribution in [0.15, 0.2) is 38.3 Å². The van der Waals surface area contributed by atoms with Crippen LogP contribution in [0.3, 0.4) is 0 Å². The lowest BCUT2D eigenvalue weighted by molar-refractivity contribution is 0.281. The molecule has 0 saturated carbocycles. The molecule has 1 heterocycles. The quantitative estimate of drug-likeness (QED) is 0.878. The van der Waals surface area contributed by atoms with Crippen LogP contribution in [0.4, 0.5) is 5.69 Å². The fourth-order valence-corrected chi connectivity index (χ4v) is 4.41. The predicted molar refractivity (Wildman–Crippen MR) is 79.9 cm³/mol. The molecule has 0 aliphatic heterocycles. The van der Waals surface area contributed by atoms with E-state index in [0.717, 1.165) is 5.56 Å². The van der Waals surface area contributed by atoms with Gasteiger partial charge in [0.1, 0.15) is 4.90 Å². The number of hydrogen-bond acceptors (Lipinski definition) is 4. The average Bonchev–Trinajstić information content (AvgIpc) is 2.84. The van der Waals surface area contributed by atoms with Gasteiger partial charge in [-0.3, -0.25) is 4.72 Å². The van der Waals surface area contributed by atoms with E-state index in [1.807, 2.05) is 0 Å². The van der Waals surface area contributed by atoms with E-state index in [0.29, 0.717) is 15.7 Å². The second-order valence-electron chi connectivity index (χ2n) is 4.00. The highest BCUT2D eigenvalue weighted by Gasteiger charge is 2.20. The van der Waals surface area contributed by atoms with Gasteiger partial charge in [-0.25, -0.2) is 8.42 Å². The largest absolute Gasteiger partial charge is 0.392 e. The highest BCUT2D eigenvalue weighted by molar-refractivity contribution is 9.10. The summed E-state index contributed by atoms with van der Waals surface area (Å²) in [5.41, 5.74) is 1.85. The van der Waals surface area contributed by atoms with Crippen molar-refractivity contribution in [1.29, 1.82) is 0 Å². The van der Waals surface area contributed by atoms with E-state index in [2.05, 4.69) is 20.7 Å². The highest BCUT2D eigenvalue weighted by Crippen LogP contribution is 2.29. The Hall–Kier alpha value is -0.890. The number of aliphatic hydroxyl groups excluding tert-OH is 1. The summed E-state index contributed by atoms with van der Waals surface area (Å²) in [6.07, 6.45) is 0. The summed E-state index contributed by atoms with van der Waals surface area (Å²) in [6, 6.07) is 4.90. The number of aryl methyl sites for hydroxylation is 1. The minimum atomic E-state index is -3.67. The third kappa shape index (κ3) is 3.17. The molecule has 0 aliphatic rings. The molecule has 0 fully saturated rings. The summed E-state index contributed by atoms with van der Waals surface area (Å²) < 4.78 is 27.7. The van der Waals surface area contributed by atoms with Gasteiger partial charge in [-0.1, -0.05) is 6.07 Å². The minimum absolute atomic E-state index is 0.128. The summed E-state index contributed by atoms with van der Waals surface area (Å²) >= 11 is 4.70. The zero-order chi connectivity index (χ0) is 14.0. The lowest BCUT2D eigenvalue weighted by Gasteiger charge is -2.11. The maximum absolute atomic E-state index is 12.3. The molecule has 0 bridgehead atoms. The van der Waals surface area contributed by atoms with Crippen LogP contribution in [-0.2, 0) is 16.6 Å². The van der Waals surface area contributed by atoms with E-state index < -0.39 is 10.0 Å². The van der Waals surface area contributed by atoms with Crippen molar-refractivity contribution in [3.63, 3.8) is 0 Å². The molecule has 2 N–H and O–H groups in total. The summed E-state index contributed by atoms with van der Waals surface area (Å²) in [5, 5.41) is 12.7. The van der Waals surface area contributed by atoms with Crippen molar-refractivity contribution in [3.05, 3.63) is 44.6 Å². The van der Waals surface area contributed by atoms with Gasteiger partial charge in [0.15, 0.2) is 0 Å². The van der Waals surface area contributed by atoms with Gasteiger partial charge < -0.3 is 5.11 Å². The number of benzene rings is 1. The van der Waals surface area contributed by atoms with Crippen LogP contribution >= 0.6 is 27.3 Å². The van der Waals surface area contributed by atoms with Crippen molar-refractivity contribution < 1.29 is 13.5 Å². The molecule has 0 spiro atoms. The average molecular weight is 362 g/mol. The number of aliphatic hydroxyl groups is 1. The molecule has 0 saturated heterocycles. The Labute approximate surface area is 124 Å². The van der Waals surface area contributed by atoms with Crippen LogP contribution in [0.2, 0.25) is 0 Å². The van der Waals surface area contributed by atoms with Crippen LogP contribution in [0.25, 0.3) is 0 Å². The second kappa shape index (κ2) is 5.62. The minimum Gasteiger partial charge on any atom is -0.392 e. The smallest absolute Gasteiger partial charge is 0.263 e. The number of halogens is 1. The van der Waals surface area contributed by atoms with E-state index in [1.54, 1.807) is 29.8 Å². The van der Waals surface area contributed by atoms with Gasteiger partial charge in [0.25, 0.3) is 10.0 Å². The van der Waals surface area contributed by atoms with E-state index in [4.69, 9.17) is 0 Å². The Morgan fingerprint density at radius 2 is 2.16 bits per heavy atom. The van der Waals surface area contributed by atoms with E-state index in [-0.39, 0.29) is 11.5 Å². The molecule has 7 heteroatoms. The van der Waals surface area contributed by atoms with Gasteiger partial charge in [0.2, 0.25) is 0 Å². The Kier molecular flexibility index (Phi) is 4.29. The first kappa shape index (κ1) is 14.5. The standard InChI is InChI=1S/C12H12BrNO3S2/c1-8-4-9(6-15)5-11(12(8)13)19(16,17)14-10-2-3-18-7-10/h2-5,7,14-15H,6H2,1H3. The fourth-order valence-electron chi connectivity index (χ4n) is 1.63. The van der Waals surface area contributed by atoms with E-state index in [1.165, 1.54) is 17.4 Å². The van der Waals surface area contributed by atoms with E-state index in [9.17, 15) is 13.5 Å². The maximum Gasteiger partial charge on any atom is 0.263 e. The molecule has 102 valence electrons. The Balaban J connectivity index is 2.48. The molecule has 1 aromatic heterocycles. The van der Waals surface area contributed by atoms with Gasteiger partial charge in [0.05, 0.1) is 12.3 Å². The van der Waals surface area contributed by atoms with Crippen molar-refractivity contribution in [2.45, 2.75) is 18.4 Å². The zero-order valence-corrected chi connectivity index (χ0v) is 13.3. The van der Waals surface area contributed by atoms with Crippen LogP contribution in [-0.4, -0.2) is 13.5 Å². The Morgan fingerprint density at radius 1 is 1.42 bits per heavy atom. The lowest BCUT2D eigenvalue weighted by Crippen LogP contribution is -2.14. The Morgan fingerprint density at radius 3 is 2.74 bits per heavy atom. The predicted octanol–water partition coefficient (Wildman–Crippen LogP) is 3.11. The topological polar surface area (TPSA) is 66.4 Å². The van der Waals surface area contributed by atoms with Gasteiger partial charge in [-0.2, -0.15) is 11.3 Å². The SMILES string of the molecule is Cc1cc(CO)cc(S(=O)(=O)Nc2ccsc2)c1Br. The molecule has 0 amide bonds. The maximum atomic E-state index is 12.3. The summed E-state index contributed by atoms with van der Waals surface area (Å²) in [7, 11) is -3.67. The summed E-state index contributed by atoms with van der Waals surface area (Å²) in [4.78, 5) is 0.128. The first-order valence-corrected chi connectivity index (χ1v) is 8.61. The van der Waals surface area contributed by atoms with Crippen molar-refractivity contribution in [3.8, 4) is 0 Å². The van der Waals surface area contributed by atoms with Gasteiger partial charge in [0, 0.05) is 9.85 Å². The molecular weight excluding hydrogens is 350 g/mol. The highest BCUT2D eigenvalue weighted by atomic mass is 79.9. The third-order valence-corrected chi connectivity index (χ3v) is 5.93. The lowest BCUT2D eigenvalue weighted by atomic mass is 10.1. The number of rotatable bonds is 4. The zero-order valence-electron chi connectivity index (χ0n) is 10.1. The second-order valence-corrected chi connectivity index (χ2v) is 7.22. The third-order valence-electron chi connectivity index (χ3n) is 2.53. The number of anilines is 1. The van der Waals surface area contributed by atoms with Gasteiger partial charge in [-0.05, 0) is 51.5 Å². The van der Waals surface area contributed by atoms with E-state index >= 15 is 0 Å². The van der Waals surface area contributed by atoms with Crippen LogP contribution in [0, 0.1) is 6.92 Å². The van der Waals surface area contributed by atoms with Crippen molar-refractivity contribution >= 4 is 43.0 Å². The summed E-state index contributed by atoms with van der Waals surface area (Å²) in [6.45, 7) is 1.59. The number of hydrogen-bond donors (Lipinski definition) is 2. The first-order valence-electron chi connectivity index (χ1n) is 5.39. The molecule has 0 aliphatic carbocycles. The molecule has 0 unspecified atom stereocenters. The monoisotopic (exact) mass is 361 g/mol. The van der Waals surface area contributed by atoms with Crippen LogP contribution < -0.4 is 4.72 Å².